The van der Waals surface area contributed by atoms with Gasteiger partial charge in [-0.1, -0.05) is 35.9 Å². The van der Waals surface area contributed by atoms with Crippen molar-refractivity contribution < 1.29 is 5.11 Å². The quantitative estimate of drug-likeness (QED) is 0.806. The SMILES string of the molecule is Cc1ccc(Cl)cc1-c1nnc(CO)n1-c1ccccc1. The standard InChI is InChI=1S/C16H14ClN3O/c1-11-7-8-12(17)9-14(11)16-19-18-15(10-21)20(16)13-5-3-2-4-6-13/h2-9,21H,10H2,1H3. The van der Waals surface area contributed by atoms with Gasteiger partial charge >= 0.3 is 0 Å². The summed E-state index contributed by atoms with van der Waals surface area (Å²) in [6.07, 6.45) is 0. The predicted molar refractivity (Wildman–Crippen MR) is 82.5 cm³/mol. The average molecular weight is 300 g/mol. The molecule has 0 aliphatic rings. The molecular weight excluding hydrogens is 286 g/mol. The van der Waals surface area contributed by atoms with Crippen LogP contribution in [0.4, 0.5) is 0 Å². The van der Waals surface area contributed by atoms with E-state index in [-0.39, 0.29) is 6.61 Å². The third kappa shape index (κ3) is 2.55. The number of aromatic nitrogens is 3. The van der Waals surface area contributed by atoms with E-state index >= 15 is 0 Å². The van der Waals surface area contributed by atoms with Gasteiger partial charge in [0.15, 0.2) is 11.6 Å². The first kappa shape index (κ1) is 13.8. The highest BCUT2D eigenvalue weighted by atomic mass is 35.5. The molecule has 0 unspecified atom stereocenters. The molecule has 0 aliphatic carbocycles. The maximum absolute atomic E-state index is 9.51. The first-order valence-electron chi connectivity index (χ1n) is 6.58. The molecule has 1 heterocycles. The van der Waals surface area contributed by atoms with Crippen molar-refractivity contribution in [3.8, 4) is 17.1 Å². The summed E-state index contributed by atoms with van der Waals surface area (Å²) in [4.78, 5) is 0. The van der Waals surface area contributed by atoms with Crippen molar-refractivity contribution in [2.75, 3.05) is 0 Å². The molecule has 0 saturated carbocycles. The lowest BCUT2D eigenvalue weighted by Crippen LogP contribution is -2.03. The highest BCUT2D eigenvalue weighted by Crippen LogP contribution is 2.28. The lowest BCUT2D eigenvalue weighted by atomic mass is 10.1. The van der Waals surface area contributed by atoms with Gasteiger partial charge in [0, 0.05) is 16.3 Å². The Balaban J connectivity index is 2.25. The van der Waals surface area contributed by atoms with E-state index in [1.165, 1.54) is 0 Å². The molecule has 3 rings (SSSR count). The van der Waals surface area contributed by atoms with E-state index in [9.17, 15) is 5.11 Å². The third-order valence-corrected chi connectivity index (χ3v) is 3.56. The number of para-hydroxylation sites is 1. The van der Waals surface area contributed by atoms with Gasteiger partial charge in [-0.3, -0.25) is 4.57 Å². The first-order chi connectivity index (χ1) is 10.2. The van der Waals surface area contributed by atoms with E-state index in [0.717, 1.165) is 16.8 Å². The third-order valence-electron chi connectivity index (χ3n) is 3.33. The zero-order chi connectivity index (χ0) is 14.8. The zero-order valence-electron chi connectivity index (χ0n) is 11.5. The number of halogens is 1. The summed E-state index contributed by atoms with van der Waals surface area (Å²) in [7, 11) is 0. The molecule has 3 aromatic rings. The number of nitrogens with zero attached hydrogens (tertiary/aromatic N) is 3. The Hall–Kier alpha value is -2.17. The minimum atomic E-state index is -0.179. The molecule has 0 spiro atoms. The van der Waals surface area contributed by atoms with Gasteiger partial charge in [-0.2, -0.15) is 0 Å². The monoisotopic (exact) mass is 299 g/mol. The second-order valence-electron chi connectivity index (χ2n) is 4.73. The number of aryl methyl sites for hydroxylation is 1. The molecule has 106 valence electrons. The number of aliphatic hydroxyl groups is 1. The van der Waals surface area contributed by atoms with E-state index in [2.05, 4.69) is 10.2 Å². The lowest BCUT2D eigenvalue weighted by molar-refractivity contribution is 0.269. The maximum atomic E-state index is 9.51. The summed E-state index contributed by atoms with van der Waals surface area (Å²) < 4.78 is 1.85. The van der Waals surface area contributed by atoms with Crippen molar-refractivity contribution in [2.45, 2.75) is 13.5 Å². The number of benzene rings is 2. The van der Waals surface area contributed by atoms with Crippen LogP contribution in [0.1, 0.15) is 11.4 Å². The Labute approximate surface area is 127 Å². The normalized spacial score (nSPS) is 10.8. The van der Waals surface area contributed by atoms with Crippen molar-refractivity contribution in [3.05, 3.63) is 64.9 Å². The molecule has 5 heteroatoms. The van der Waals surface area contributed by atoms with Crippen LogP contribution in [0, 0.1) is 6.92 Å². The van der Waals surface area contributed by atoms with Gasteiger partial charge in [-0.05, 0) is 36.8 Å². The summed E-state index contributed by atoms with van der Waals surface area (Å²) in [6, 6.07) is 15.4. The molecule has 0 bridgehead atoms. The van der Waals surface area contributed by atoms with Crippen molar-refractivity contribution in [1.29, 1.82) is 0 Å². The molecule has 1 N–H and O–H groups in total. The predicted octanol–water partition coefficient (Wildman–Crippen LogP) is 3.39. The van der Waals surface area contributed by atoms with Crippen molar-refractivity contribution in [3.63, 3.8) is 0 Å². The number of aliphatic hydroxyl groups excluding tert-OH is 1. The first-order valence-corrected chi connectivity index (χ1v) is 6.95. The van der Waals surface area contributed by atoms with Gasteiger partial charge in [-0.15, -0.1) is 10.2 Å². The van der Waals surface area contributed by atoms with Gasteiger partial charge in [0.1, 0.15) is 6.61 Å². The fourth-order valence-electron chi connectivity index (χ4n) is 2.28. The van der Waals surface area contributed by atoms with Crippen LogP contribution < -0.4 is 0 Å². The van der Waals surface area contributed by atoms with Crippen LogP contribution >= 0.6 is 11.6 Å². The second kappa shape index (κ2) is 5.68. The van der Waals surface area contributed by atoms with Gasteiger partial charge in [0.25, 0.3) is 0 Å². The second-order valence-corrected chi connectivity index (χ2v) is 5.16. The molecule has 0 aliphatic heterocycles. The molecule has 0 atom stereocenters. The smallest absolute Gasteiger partial charge is 0.168 e. The Bertz CT molecular complexity index is 768. The van der Waals surface area contributed by atoms with Crippen LogP contribution in [0.5, 0.6) is 0 Å². The van der Waals surface area contributed by atoms with Crippen LogP contribution in [0.25, 0.3) is 17.1 Å². The van der Waals surface area contributed by atoms with E-state index < -0.39 is 0 Å². The Kier molecular flexibility index (Phi) is 3.73. The summed E-state index contributed by atoms with van der Waals surface area (Å²) in [5.41, 5.74) is 2.85. The minimum Gasteiger partial charge on any atom is -0.388 e. The van der Waals surface area contributed by atoms with E-state index in [1.807, 2.05) is 60.0 Å². The van der Waals surface area contributed by atoms with Gasteiger partial charge in [0.05, 0.1) is 0 Å². The van der Waals surface area contributed by atoms with Crippen molar-refractivity contribution in [1.82, 2.24) is 14.8 Å². The van der Waals surface area contributed by atoms with E-state index in [0.29, 0.717) is 16.7 Å². The highest BCUT2D eigenvalue weighted by Gasteiger charge is 2.16. The molecular formula is C16H14ClN3O. The molecule has 1 aromatic heterocycles. The minimum absolute atomic E-state index is 0.179. The Morgan fingerprint density at radius 1 is 1.10 bits per heavy atom. The number of hydrogen-bond donors (Lipinski definition) is 1. The maximum Gasteiger partial charge on any atom is 0.168 e. The fraction of sp³-hybridized carbons (Fsp3) is 0.125. The van der Waals surface area contributed by atoms with Gasteiger partial charge < -0.3 is 5.11 Å². The summed E-state index contributed by atoms with van der Waals surface area (Å²) in [5, 5.41) is 18.5. The van der Waals surface area contributed by atoms with Crippen LogP contribution in [-0.2, 0) is 6.61 Å². The average Bonchev–Trinajstić information content (AvgIpc) is 2.94. The Morgan fingerprint density at radius 2 is 1.86 bits per heavy atom. The molecule has 0 amide bonds. The van der Waals surface area contributed by atoms with Crippen molar-refractivity contribution in [2.24, 2.45) is 0 Å². The molecule has 21 heavy (non-hydrogen) atoms. The molecule has 4 nitrogen and oxygen atoms in total. The largest absolute Gasteiger partial charge is 0.388 e. The lowest BCUT2D eigenvalue weighted by Gasteiger charge is -2.11. The topological polar surface area (TPSA) is 50.9 Å². The number of hydrogen-bond acceptors (Lipinski definition) is 3. The molecule has 0 saturated heterocycles. The summed E-state index contributed by atoms with van der Waals surface area (Å²) >= 11 is 6.10. The van der Waals surface area contributed by atoms with Gasteiger partial charge in [-0.25, -0.2) is 0 Å². The van der Waals surface area contributed by atoms with E-state index in [4.69, 9.17) is 11.6 Å². The van der Waals surface area contributed by atoms with Crippen LogP contribution in [0.15, 0.2) is 48.5 Å². The van der Waals surface area contributed by atoms with Crippen molar-refractivity contribution >= 4 is 11.6 Å². The summed E-state index contributed by atoms with van der Waals surface area (Å²) in [5.74, 6) is 1.17. The molecule has 0 fully saturated rings. The highest BCUT2D eigenvalue weighted by molar-refractivity contribution is 6.30. The zero-order valence-corrected chi connectivity index (χ0v) is 12.2. The van der Waals surface area contributed by atoms with Crippen LogP contribution in [0.2, 0.25) is 5.02 Å². The van der Waals surface area contributed by atoms with Gasteiger partial charge in [0.2, 0.25) is 0 Å². The molecule has 2 aromatic carbocycles. The number of rotatable bonds is 3. The fourth-order valence-corrected chi connectivity index (χ4v) is 2.45. The van der Waals surface area contributed by atoms with Crippen LogP contribution in [-0.4, -0.2) is 19.9 Å². The Morgan fingerprint density at radius 3 is 2.57 bits per heavy atom. The summed E-state index contributed by atoms with van der Waals surface area (Å²) in [6.45, 7) is 1.82. The van der Waals surface area contributed by atoms with Crippen LogP contribution in [0.3, 0.4) is 0 Å². The van der Waals surface area contributed by atoms with E-state index in [1.54, 1.807) is 0 Å². The molecule has 0 radical (unpaired) electrons.